The highest BCUT2D eigenvalue weighted by Gasteiger charge is 2.32. The number of nitrogens with zero attached hydrogens (tertiary/aromatic N) is 4. The van der Waals surface area contributed by atoms with Crippen LogP contribution >= 0.6 is 0 Å². The Hall–Kier alpha value is -2.22. The lowest BCUT2D eigenvalue weighted by atomic mass is 10.2. The molecular formula is C17H23N5O2S. The molecule has 25 heavy (non-hydrogen) atoms. The second-order valence-corrected chi connectivity index (χ2v) is 8.40. The summed E-state index contributed by atoms with van der Waals surface area (Å²) in [5, 5.41) is 3.27. The second-order valence-electron chi connectivity index (χ2n) is 6.18. The Morgan fingerprint density at radius 3 is 2.80 bits per heavy atom. The Morgan fingerprint density at radius 2 is 2.16 bits per heavy atom. The maximum absolute atomic E-state index is 11.8. The molecule has 1 saturated heterocycles. The standard InChI is InChI=1S/C17H23N5O2S/c1-3-22(15-7-9-25(23,24)12-15)17-10-16(20-13(2)21-17)19-11-14-6-4-5-8-18-14/h4-6,8,10,15H,3,7,9,11-12H2,1-2H3,(H,19,20,21). The van der Waals surface area contributed by atoms with Gasteiger partial charge < -0.3 is 10.2 Å². The molecule has 7 nitrogen and oxygen atoms in total. The van der Waals surface area contributed by atoms with E-state index < -0.39 is 9.84 Å². The monoisotopic (exact) mass is 361 g/mol. The molecule has 134 valence electrons. The molecule has 8 heteroatoms. The third kappa shape index (κ3) is 4.45. The summed E-state index contributed by atoms with van der Waals surface area (Å²) in [7, 11) is -2.93. The third-order valence-electron chi connectivity index (χ3n) is 4.29. The van der Waals surface area contributed by atoms with E-state index in [0.717, 1.165) is 11.5 Å². The Bertz CT molecular complexity index is 826. The number of nitrogens with one attached hydrogen (secondary N) is 1. The quantitative estimate of drug-likeness (QED) is 0.839. The van der Waals surface area contributed by atoms with Crippen molar-refractivity contribution in [3.63, 3.8) is 0 Å². The lowest BCUT2D eigenvalue weighted by molar-refractivity contribution is 0.599. The minimum Gasteiger partial charge on any atom is -0.364 e. The van der Waals surface area contributed by atoms with Crippen LogP contribution in [0.4, 0.5) is 11.6 Å². The van der Waals surface area contributed by atoms with Crippen molar-refractivity contribution in [1.82, 2.24) is 15.0 Å². The summed E-state index contributed by atoms with van der Waals surface area (Å²) in [5.41, 5.74) is 0.926. The average molecular weight is 361 g/mol. The zero-order valence-corrected chi connectivity index (χ0v) is 15.3. The first kappa shape index (κ1) is 17.6. The van der Waals surface area contributed by atoms with Crippen LogP contribution in [0.15, 0.2) is 30.5 Å². The maximum Gasteiger partial charge on any atom is 0.152 e. The van der Waals surface area contributed by atoms with Gasteiger partial charge in [-0.2, -0.15) is 0 Å². The summed E-state index contributed by atoms with van der Waals surface area (Å²) in [6.45, 7) is 5.13. The van der Waals surface area contributed by atoms with E-state index in [-0.39, 0.29) is 17.5 Å². The van der Waals surface area contributed by atoms with Gasteiger partial charge >= 0.3 is 0 Å². The van der Waals surface area contributed by atoms with E-state index in [1.807, 2.05) is 38.1 Å². The lowest BCUT2D eigenvalue weighted by Crippen LogP contribution is -2.37. The Labute approximate surface area is 148 Å². The number of anilines is 2. The number of pyridine rings is 1. The molecule has 0 aromatic carbocycles. The van der Waals surface area contributed by atoms with Gasteiger partial charge in [0.25, 0.3) is 0 Å². The molecule has 0 bridgehead atoms. The summed E-state index contributed by atoms with van der Waals surface area (Å²) in [6.07, 6.45) is 2.41. The highest BCUT2D eigenvalue weighted by molar-refractivity contribution is 7.91. The highest BCUT2D eigenvalue weighted by Crippen LogP contribution is 2.24. The van der Waals surface area contributed by atoms with Gasteiger partial charge in [-0.25, -0.2) is 18.4 Å². The van der Waals surface area contributed by atoms with Crippen molar-refractivity contribution in [1.29, 1.82) is 0 Å². The van der Waals surface area contributed by atoms with Gasteiger partial charge in [0.2, 0.25) is 0 Å². The molecule has 1 aliphatic rings. The van der Waals surface area contributed by atoms with Gasteiger partial charge in [-0.15, -0.1) is 0 Å². The molecule has 1 atom stereocenters. The number of aromatic nitrogens is 3. The van der Waals surface area contributed by atoms with E-state index in [4.69, 9.17) is 0 Å². The van der Waals surface area contributed by atoms with Gasteiger partial charge in [0.15, 0.2) is 9.84 Å². The molecule has 0 radical (unpaired) electrons. The number of hydrogen-bond donors (Lipinski definition) is 1. The summed E-state index contributed by atoms with van der Waals surface area (Å²) >= 11 is 0. The zero-order valence-electron chi connectivity index (χ0n) is 14.5. The molecule has 3 rings (SSSR count). The van der Waals surface area contributed by atoms with Gasteiger partial charge in [0, 0.05) is 24.8 Å². The molecule has 1 fully saturated rings. The van der Waals surface area contributed by atoms with Crippen molar-refractivity contribution in [2.75, 3.05) is 28.3 Å². The molecular weight excluding hydrogens is 338 g/mol. The van der Waals surface area contributed by atoms with Crippen molar-refractivity contribution in [2.24, 2.45) is 0 Å². The normalized spacial score (nSPS) is 18.9. The van der Waals surface area contributed by atoms with Crippen molar-refractivity contribution >= 4 is 21.5 Å². The number of sulfone groups is 1. The number of rotatable bonds is 6. The van der Waals surface area contributed by atoms with E-state index in [9.17, 15) is 8.42 Å². The van der Waals surface area contributed by atoms with Crippen LogP contribution in [0.25, 0.3) is 0 Å². The van der Waals surface area contributed by atoms with E-state index >= 15 is 0 Å². The number of hydrogen-bond acceptors (Lipinski definition) is 7. The van der Waals surface area contributed by atoms with Crippen molar-refractivity contribution in [2.45, 2.75) is 32.9 Å². The largest absolute Gasteiger partial charge is 0.364 e. The summed E-state index contributed by atoms with van der Waals surface area (Å²) in [6, 6.07) is 7.63. The van der Waals surface area contributed by atoms with Crippen LogP contribution in [0.2, 0.25) is 0 Å². The van der Waals surface area contributed by atoms with Crippen LogP contribution in [-0.4, -0.2) is 47.5 Å². The minimum atomic E-state index is -2.93. The molecule has 1 unspecified atom stereocenters. The molecule has 0 saturated carbocycles. The van der Waals surface area contributed by atoms with Crippen molar-refractivity contribution in [3.05, 3.63) is 42.0 Å². The van der Waals surface area contributed by atoms with Crippen LogP contribution in [-0.2, 0) is 16.4 Å². The molecule has 2 aromatic heterocycles. The summed E-state index contributed by atoms with van der Waals surface area (Å²) in [5.74, 6) is 2.58. The topological polar surface area (TPSA) is 88.1 Å². The highest BCUT2D eigenvalue weighted by atomic mass is 32.2. The van der Waals surface area contributed by atoms with Gasteiger partial charge in [0.1, 0.15) is 17.5 Å². The molecule has 3 heterocycles. The van der Waals surface area contributed by atoms with Gasteiger partial charge in [0.05, 0.1) is 23.7 Å². The first-order valence-electron chi connectivity index (χ1n) is 8.43. The van der Waals surface area contributed by atoms with Crippen LogP contribution in [0, 0.1) is 6.92 Å². The van der Waals surface area contributed by atoms with E-state index in [1.165, 1.54) is 0 Å². The van der Waals surface area contributed by atoms with Crippen molar-refractivity contribution < 1.29 is 8.42 Å². The zero-order chi connectivity index (χ0) is 17.9. The lowest BCUT2D eigenvalue weighted by Gasteiger charge is -2.28. The molecule has 0 amide bonds. The predicted molar refractivity (Wildman–Crippen MR) is 98.4 cm³/mol. The van der Waals surface area contributed by atoms with Crippen LogP contribution < -0.4 is 10.2 Å². The molecule has 1 aliphatic heterocycles. The molecule has 0 spiro atoms. The van der Waals surface area contributed by atoms with Gasteiger partial charge in [-0.3, -0.25) is 4.98 Å². The molecule has 0 aliphatic carbocycles. The van der Waals surface area contributed by atoms with Gasteiger partial charge in [-0.05, 0) is 32.4 Å². The SMILES string of the molecule is CCN(c1cc(NCc2ccccn2)nc(C)n1)C1CCS(=O)(=O)C1. The minimum absolute atomic E-state index is 0.0204. The van der Waals surface area contributed by atoms with E-state index in [1.54, 1.807) is 6.20 Å². The summed E-state index contributed by atoms with van der Waals surface area (Å²) < 4.78 is 23.6. The fourth-order valence-electron chi connectivity index (χ4n) is 3.10. The smallest absolute Gasteiger partial charge is 0.152 e. The van der Waals surface area contributed by atoms with E-state index in [0.29, 0.717) is 31.2 Å². The van der Waals surface area contributed by atoms with Crippen LogP contribution in [0.3, 0.4) is 0 Å². The average Bonchev–Trinajstić information content (AvgIpc) is 2.94. The fourth-order valence-corrected chi connectivity index (χ4v) is 4.83. The Kier molecular flexibility index (Phi) is 5.17. The summed E-state index contributed by atoms with van der Waals surface area (Å²) in [4.78, 5) is 15.3. The first-order chi connectivity index (χ1) is 12.0. The Morgan fingerprint density at radius 1 is 1.32 bits per heavy atom. The number of aryl methyl sites for hydroxylation is 1. The third-order valence-corrected chi connectivity index (χ3v) is 6.04. The maximum atomic E-state index is 11.8. The molecule has 2 aromatic rings. The van der Waals surface area contributed by atoms with Crippen molar-refractivity contribution in [3.8, 4) is 0 Å². The van der Waals surface area contributed by atoms with Crippen LogP contribution in [0.5, 0.6) is 0 Å². The van der Waals surface area contributed by atoms with Gasteiger partial charge in [-0.1, -0.05) is 6.07 Å². The predicted octanol–water partition coefficient (Wildman–Crippen LogP) is 1.81. The first-order valence-corrected chi connectivity index (χ1v) is 10.3. The molecule has 1 N–H and O–H groups in total. The Balaban J connectivity index is 1.78. The van der Waals surface area contributed by atoms with Crippen LogP contribution in [0.1, 0.15) is 24.9 Å². The van der Waals surface area contributed by atoms with E-state index in [2.05, 4.69) is 25.2 Å². The fraction of sp³-hybridized carbons (Fsp3) is 0.471. The second kappa shape index (κ2) is 7.35.